The average Bonchev–Trinajstić information content (AvgIpc) is 3.36. The van der Waals surface area contributed by atoms with E-state index in [1.165, 1.54) is 13.2 Å². The number of benzene rings is 2. The number of methoxy groups -OCH3 is 1. The zero-order valence-electron chi connectivity index (χ0n) is 22.4. The molecule has 1 fully saturated rings. The molecule has 0 spiro atoms. The van der Waals surface area contributed by atoms with Crippen molar-refractivity contribution in [2.75, 3.05) is 24.3 Å². The summed E-state index contributed by atoms with van der Waals surface area (Å²) in [5.41, 5.74) is 2.01. The number of imidazole rings is 1. The highest BCUT2D eigenvalue weighted by molar-refractivity contribution is 6.30. The maximum absolute atomic E-state index is 14.8. The molecule has 0 aliphatic carbocycles. The van der Waals surface area contributed by atoms with Gasteiger partial charge in [0.05, 0.1) is 29.6 Å². The Morgan fingerprint density at radius 1 is 1.12 bits per heavy atom. The Balaban J connectivity index is 1.45. The number of ether oxygens (including phenoxy) is 1. The van der Waals surface area contributed by atoms with Crippen LogP contribution in [0.15, 0.2) is 36.5 Å². The minimum absolute atomic E-state index is 0.0743. The molecule has 2 aromatic carbocycles. The lowest BCUT2D eigenvalue weighted by molar-refractivity contribution is -0.133. The van der Waals surface area contributed by atoms with Crippen LogP contribution < -0.4 is 10.6 Å². The molecule has 0 saturated carbocycles. The van der Waals surface area contributed by atoms with Crippen molar-refractivity contribution in [2.45, 2.75) is 56.9 Å². The lowest BCUT2D eigenvalue weighted by Gasteiger charge is -2.30. The molecule has 41 heavy (non-hydrogen) atoms. The van der Waals surface area contributed by atoms with E-state index in [9.17, 15) is 23.2 Å². The van der Waals surface area contributed by atoms with Crippen LogP contribution in [0, 0.1) is 11.6 Å². The Kier molecular flexibility index (Phi) is 8.53. The van der Waals surface area contributed by atoms with Crippen LogP contribution in [-0.4, -0.2) is 46.4 Å². The molecule has 1 saturated heterocycles. The van der Waals surface area contributed by atoms with Gasteiger partial charge >= 0.3 is 6.09 Å². The summed E-state index contributed by atoms with van der Waals surface area (Å²) in [5.74, 6) is -1.66. The minimum atomic E-state index is -0.777. The molecule has 2 aliphatic heterocycles. The third-order valence-corrected chi connectivity index (χ3v) is 7.95. The van der Waals surface area contributed by atoms with E-state index in [4.69, 9.17) is 16.6 Å². The van der Waals surface area contributed by atoms with E-state index < -0.39 is 29.7 Å². The largest absolute Gasteiger partial charge is 0.453 e. The molecule has 0 unspecified atom stereocenters. The van der Waals surface area contributed by atoms with Gasteiger partial charge in [-0.05, 0) is 61.9 Å². The Labute approximate surface area is 240 Å². The second-order valence-electron chi connectivity index (χ2n) is 10.2. The molecule has 2 aliphatic rings. The Morgan fingerprint density at radius 3 is 2.76 bits per heavy atom. The van der Waals surface area contributed by atoms with E-state index in [0.29, 0.717) is 60.6 Å². The Hall–Kier alpha value is -3.99. The highest BCUT2D eigenvalue weighted by Crippen LogP contribution is 2.38. The summed E-state index contributed by atoms with van der Waals surface area (Å²) in [6.45, 7) is 0.287. The van der Waals surface area contributed by atoms with Gasteiger partial charge < -0.3 is 19.9 Å². The van der Waals surface area contributed by atoms with Crippen LogP contribution in [0.5, 0.6) is 0 Å². The van der Waals surface area contributed by atoms with Gasteiger partial charge in [0.15, 0.2) is 0 Å². The number of nitrogens with zero attached hydrogens (tertiary/aromatic N) is 2. The lowest BCUT2D eigenvalue weighted by atomic mass is 9.91. The first kappa shape index (κ1) is 28.5. The summed E-state index contributed by atoms with van der Waals surface area (Å²) in [4.78, 5) is 47.6. The molecule has 1 aromatic heterocycles. The van der Waals surface area contributed by atoms with Crippen LogP contribution in [0.3, 0.4) is 0 Å². The fraction of sp³-hybridized carbons (Fsp3) is 0.379. The van der Waals surface area contributed by atoms with Gasteiger partial charge in [-0.1, -0.05) is 18.0 Å². The normalized spacial score (nSPS) is 19.8. The van der Waals surface area contributed by atoms with E-state index in [1.807, 2.05) is 0 Å². The number of halogens is 3. The van der Waals surface area contributed by atoms with Crippen LogP contribution in [0.25, 0.3) is 11.3 Å². The molecule has 3 aromatic rings. The van der Waals surface area contributed by atoms with Crippen LogP contribution in [0.4, 0.5) is 25.0 Å². The number of likely N-dealkylation sites (tertiary alicyclic amines) is 1. The fourth-order valence-electron chi connectivity index (χ4n) is 5.58. The van der Waals surface area contributed by atoms with Gasteiger partial charge in [0.1, 0.15) is 17.5 Å². The number of aromatic nitrogens is 2. The summed E-state index contributed by atoms with van der Waals surface area (Å²) in [6, 6.07) is 6.98. The highest BCUT2D eigenvalue weighted by atomic mass is 35.5. The maximum Gasteiger partial charge on any atom is 0.411 e. The zero-order valence-corrected chi connectivity index (χ0v) is 23.2. The number of anilines is 2. The summed E-state index contributed by atoms with van der Waals surface area (Å²) >= 11 is 5.94. The van der Waals surface area contributed by atoms with Crippen molar-refractivity contribution in [2.24, 2.45) is 0 Å². The molecular formula is C29H30ClF2N5O4. The van der Waals surface area contributed by atoms with Gasteiger partial charge in [-0.15, -0.1) is 0 Å². The molecular weight excluding hydrogens is 556 g/mol. The monoisotopic (exact) mass is 585 g/mol. The summed E-state index contributed by atoms with van der Waals surface area (Å²) in [6.07, 6.45) is 3.92. The molecule has 0 radical (unpaired) electrons. The van der Waals surface area contributed by atoms with Crippen molar-refractivity contribution in [3.05, 3.63) is 64.6 Å². The third kappa shape index (κ3) is 6.19. The fourth-order valence-corrected chi connectivity index (χ4v) is 5.74. The number of amides is 3. The number of fused-ring (bicyclic) bond motifs is 4. The predicted octanol–water partition coefficient (Wildman–Crippen LogP) is 6.54. The Bertz CT molecular complexity index is 1480. The molecule has 5 rings (SSSR count). The van der Waals surface area contributed by atoms with Gasteiger partial charge in [-0.25, -0.2) is 18.6 Å². The number of H-pyrrole nitrogens is 1. The van der Waals surface area contributed by atoms with Crippen molar-refractivity contribution in [3.8, 4) is 11.3 Å². The van der Waals surface area contributed by atoms with E-state index in [0.717, 1.165) is 6.07 Å². The van der Waals surface area contributed by atoms with Crippen LogP contribution in [0.1, 0.15) is 68.3 Å². The second kappa shape index (κ2) is 12.3. The topological polar surface area (TPSA) is 116 Å². The van der Waals surface area contributed by atoms with E-state index >= 15 is 0 Å². The first-order valence-electron chi connectivity index (χ1n) is 13.5. The number of hydrogen-bond acceptors (Lipinski definition) is 5. The molecule has 3 heterocycles. The third-order valence-electron chi connectivity index (χ3n) is 7.66. The highest BCUT2D eigenvalue weighted by Gasteiger charge is 2.33. The number of carbonyl (C=O) groups is 3. The Morgan fingerprint density at radius 2 is 1.95 bits per heavy atom. The van der Waals surface area contributed by atoms with Crippen LogP contribution in [0.2, 0.25) is 5.02 Å². The summed E-state index contributed by atoms with van der Waals surface area (Å²) in [5, 5.41) is 5.36. The number of nitrogens with one attached hydrogen (secondary N) is 3. The quantitative estimate of drug-likeness (QED) is 0.302. The first-order valence-corrected chi connectivity index (χ1v) is 13.9. The molecule has 216 valence electrons. The number of rotatable bonds is 3. The lowest BCUT2D eigenvalue weighted by Crippen LogP contribution is -2.35. The maximum atomic E-state index is 14.8. The molecule has 3 amide bonds. The van der Waals surface area contributed by atoms with E-state index in [-0.39, 0.29) is 41.8 Å². The molecule has 3 N–H and O–H groups in total. The number of hydrogen-bond donors (Lipinski definition) is 3. The molecule has 2 bridgehead atoms. The van der Waals surface area contributed by atoms with Crippen molar-refractivity contribution in [3.63, 3.8) is 0 Å². The number of aromatic amines is 1. The van der Waals surface area contributed by atoms with Crippen LogP contribution >= 0.6 is 11.6 Å². The smallest absolute Gasteiger partial charge is 0.411 e. The summed E-state index contributed by atoms with van der Waals surface area (Å²) < 4.78 is 34.1. The van der Waals surface area contributed by atoms with Gasteiger partial charge in [0, 0.05) is 42.4 Å². The zero-order chi connectivity index (χ0) is 29.1. The van der Waals surface area contributed by atoms with Crippen molar-refractivity contribution >= 4 is 40.9 Å². The van der Waals surface area contributed by atoms with E-state index in [2.05, 4.69) is 20.4 Å². The standard InChI is InChI=1S/C29H30ClF2N5O4/c1-41-29(40)34-17-7-8-18-21(14-17)35-24(38)5-3-2-4-23(28-33-15-22(18)36-28)37-13-12-16(6-11-25(37)39)26-20(31)10-9-19(30)27(26)32/h7-10,14-16,23H,2-6,11-13H2,1H3,(H,33,36)(H,34,40)(H,35,38)/t16-,23+/m1/s1. The average molecular weight is 586 g/mol. The number of carbonyl (C=O) groups excluding carboxylic acids is 3. The van der Waals surface area contributed by atoms with Gasteiger partial charge in [-0.2, -0.15) is 0 Å². The molecule has 9 nitrogen and oxygen atoms in total. The van der Waals surface area contributed by atoms with Crippen molar-refractivity contribution < 1.29 is 27.9 Å². The summed E-state index contributed by atoms with van der Waals surface area (Å²) in [7, 11) is 1.26. The predicted molar refractivity (Wildman–Crippen MR) is 150 cm³/mol. The SMILES string of the molecule is COC(=O)Nc1ccc2c(c1)NC(=O)CCCC[C@H](N1CC[C@H](c3c(F)ccc(Cl)c3F)CCC1=O)c1nc-2c[nH]1. The molecule has 12 heteroatoms. The van der Waals surface area contributed by atoms with Crippen molar-refractivity contribution in [1.82, 2.24) is 14.9 Å². The van der Waals surface area contributed by atoms with Crippen molar-refractivity contribution in [1.29, 1.82) is 0 Å². The van der Waals surface area contributed by atoms with Gasteiger partial charge in [0.25, 0.3) is 0 Å². The van der Waals surface area contributed by atoms with Gasteiger partial charge in [0.2, 0.25) is 11.8 Å². The second-order valence-corrected chi connectivity index (χ2v) is 10.6. The first-order chi connectivity index (χ1) is 19.7. The van der Waals surface area contributed by atoms with Gasteiger partial charge in [-0.3, -0.25) is 14.9 Å². The minimum Gasteiger partial charge on any atom is -0.453 e. The van der Waals surface area contributed by atoms with E-state index in [1.54, 1.807) is 29.3 Å². The van der Waals surface area contributed by atoms with Crippen LogP contribution in [-0.2, 0) is 14.3 Å². The molecule has 2 atom stereocenters.